The first-order valence-electron chi connectivity index (χ1n) is 6.04. The fraction of sp³-hybridized carbons (Fsp3) is 0.917. The number of ether oxygens (including phenoxy) is 1. The Bertz CT molecular complexity index is 160. The first-order valence-corrected chi connectivity index (χ1v) is 6.56. The molecule has 0 aromatic carbocycles. The van der Waals surface area contributed by atoms with Crippen LogP contribution in [0.4, 0.5) is 0 Å². The summed E-state index contributed by atoms with van der Waals surface area (Å²) >= 11 is 4.41. The summed E-state index contributed by atoms with van der Waals surface area (Å²) in [6.07, 6.45) is 6.88. The van der Waals surface area contributed by atoms with Gasteiger partial charge in [-0.05, 0) is 19.3 Å². The molecule has 1 atom stereocenters. The third kappa shape index (κ3) is 10.1. The minimum absolute atomic E-state index is 0.0551. The lowest BCUT2D eigenvalue weighted by atomic mass is 10.2. The molecule has 3 heteroatoms. The Morgan fingerprint density at radius 3 is 2.53 bits per heavy atom. The number of hydrogen-bond donors (Lipinski definition) is 1. The normalized spacial score (nSPS) is 12.5. The van der Waals surface area contributed by atoms with Gasteiger partial charge < -0.3 is 4.74 Å². The standard InChI is InChI=1S/C12H24O2S/c1-3-5-6-8-12(13)14-10-9-11(15)7-4-2/h11,15H,3-10H2,1-2H3/t11-/m0/s1. The van der Waals surface area contributed by atoms with Crippen molar-refractivity contribution in [3.05, 3.63) is 0 Å². The Morgan fingerprint density at radius 1 is 1.20 bits per heavy atom. The van der Waals surface area contributed by atoms with Gasteiger partial charge >= 0.3 is 5.97 Å². The first-order chi connectivity index (χ1) is 7.20. The van der Waals surface area contributed by atoms with E-state index in [2.05, 4.69) is 26.5 Å². The lowest BCUT2D eigenvalue weighted by Gasteiger charge is -2.09. The Balaban J connectivity index is 3.30. The van der Waals surface area contributed by atoms with E-state index in [0.717, 1.165) is 38.5 Å². The van der Waals surface area contributed by atoms with Gasteiger partial charge in [0.2, 0.25) is 0 Å². The second-order valence-corrected chi connectivity index (χ2v) is 4.64. The van der Waals surface area contributed by atoms with Gasteiger partial charge in [-0.25, -0.2) is 0 Å². The molecule has 0 saturated heterocycles. The zero-order valence-corrected chi connectivity index (χ0v) is 10.9. The summed E-state index contributed by atoms with van der Waals surface area (Å²) < 4.78 is 5.12. The van der Waals surface area contributed by atoms with Crippen LogP contribution in [0.15, 0.2) is 0 Å². The van der Waals surface area contributed by atoms with Crippen molar-refractivity contribution in [2.24, 2.45) is 0 Å². The van der Waals surface area contributed by atoms with Gasteiger partial charge in [-0.3, -0.25) is 4.79 Å². The Morgan fingerprint density at radius 2 is 1.93 bits per heavy atom. The summed E-state index contributed by atoms with van der Waals surface area (Å²) in [6.45, 7) is 4.79. The lowest BCUT2D eigenvalue weighted by Crippen LogP contribution is -2.09. The molecule has 90 valence electrons. The highest BCUT2D eigenvalue weighted by Crippen LogP contribution is 2.09. The maximum Gasteiger partial charge on any atom is 0.305 e. The molecule has 0 unspecified atom stereocenters. The zero-order valence-electron chi connectivity index (χ0n) is 10.00. The van der Waals surface area contributed by atoms with Crippen LogP contribution in [-0.4, -0.2) is 17.8 Å². The fourth-order valence-electron chi connectivity index (χ4n) is 1.38. The Kier molecular flexibility index (Phi) is 10.2. The second-order valence-electron chi connectivity index (χ2n) is 3.91. The SMILES string of the molecule is CCCCCC(=O)OCC[C@@H](S)CCC. The van der Waals surface area contributed by atoms with Crippen LogP contribution in [0.25, 0.3) is 0 Å². The molecule has 0 aromatic heterocycles. The van der Waals surface area contributed by atoms with Crippen LogP contribution in [0, 0.1) is 0 Å². The van der Waals surface area contributed by atoms with Crippen molar-refractivity contribution in [1.29, 1.82) is 0 Å². The van der Waals surface area contributed by atoms with Crippen LogP contribution in [0.5, 0.6) is 0 Å². The van der Waals surface area contributed by atoms with E-state index in [1.165, 1.54) is 0 Å². The molecule has 0 bridgehead atoms. The van der Waals surface area contributed by atoms with E-state index < -0.39 is 0 Å². The summed E-state index contributed by atoms with van der Waals surface area (Å²) in [5.41, 5.74) is 0. The maximum atomic E-state index is 11.2. The summed E-state index contributed by atoms with van der Waals surface area (Å²) in [7, 11) is 0. The molecule has 0 N–H and O–H groups in total. The Labute approximate surface area is 99.2 Å². The zero-order chi connectivity index (χ0) is 11.5. The molecule has 0 aromatic rings. The van der Waals surface area contributed by atoms with Crippen molar-refractivity contribution in [2.75, 3.05) is 6.61 Å². The van der Waals surface area contributed by atoms with Gasteiger partial charge in [0.05, 0.1) is 6.61 Å². The van der Waals surface area contributed by atoms with Gasteiger partial charge in [0.15, 0.2) is 0 Å². The molecule has 0 aliphatic rings. The fourth-order valence-corrected chi connectivity index (χ4v) is 1.74. The molecule has 15 heavy (non-hydrogen) atoms. The van der Waals surface area contributed by atoms with Crippen molar-refractivity contribution >= 4 is 18.6 Å². The number of carbonyl (C=O) groups is 1. The molecule has 0 amide bonds. The largest absolute Gasteiger partial charge is 0.466 e. The number of unbranched alkanes of at least 4 members (excludes halogenated alkanes) is 2. The van der Waals surface area contributed by atoms with Gasteiger partial charge in [-0.1, -0.05) is 33.1 Å². The minimum atomic E-state index is -0.0551. The number of carbonyl (C=O) groups excluding carboxylic acids is 1. The predicted octanol–water partition coefficient (Wildman–Crippen LogP) is 3.60. The Hall–Kier alpha value is -0.180. The van der Waals surface area contributed by atoms with Crippen LogP contribution >= 0.6 is 12.6 Å². The molecule has 0 radical (unpaired) electrons. The smallest absolute Gasteiger partial charge is 0.305 e. The molecule has 0 fully saturated rings. The van der Waals surface area contributed by atoms with Crippen molar-refractivity contribution in [2.45, 2.75) is 64.0 Å². The predicted molar refractivity (Wildman–Crippen MR) is 67.4 cm³/mol. The van der Waals surface area contributed by atoms with Crippen molar-refractivity contribution < 1.29 is 9.53 Å². The van der Waals surface area contributed by atoms with Gasteiger partial charge in [0, 0.05) is 11.7 Å². The number of rotatable bonds is 9. The average molecular weight is 232 g/mol. The summed E-state index contributed by atoms with van der Waals surface area (Å²) in [6, 6.07) is 0. The summed E-state index contributed by atoms with van der Waals surface area (Å²) in [5.74, 6) is -0.0551. The van der Waals surface area contributed by atoms with Crippen LogP contribution in [-0.2, 0) is 9.53 Å². The van der Waals surface area contributed by atoms with E-state index in [1.807, 2.05) is 0 Å². The van der Waals surface area contributed by atoms with E-state index in [4.69, 9.17) is 4.74 Å². The molecule has 0 rings (SSSR count). The van der Waals surface area contributed by atoms with E-state index in [0.29, 0.717) is 18.3 Å². The third-order valence-corrected chi connectivity index (χ3v) is 2.84. The average Bonchev–Trinajstić information content (AvgIpc) is 2.18. The molecule has 0 saturated carbocycles. The van der Waals surface area contributed by atoms with Crippen LogP contribution in [0.3, 0.4) is 0 Å². The van der Waals surface area contributed by atoms with E-state index in [9.17, 15) is 4.79 Å². The topological polar surface area (TPSA) is 26.3 Å². The minimum Gasteiger partial charge on any atom is -0.466 e. The van der Waals surface area contributed by atoms with Gasteiger partial charge in [-0.2, -0.15) is 12.6 Å². The van der Waals surface area contributed by atoms with Crippen molar-refractivity contribution in [3.8, 4) is 0 Å². The quantitative estimate of drug-likeness (QED) is 0.373. The van der Waals surface area contributed by atoms with E-state index in [-0.39, 0.29) is 5.97 Å². The van der Waals surface area contributed by atoms with Gasteiger partial charge in [-0.15, -0.1) is 0 Å². The number of esters is 1. The van der Waals surface area contributed by atoms with Crippen LogP contribution < -0.4 is 0 Å². The van der Waals surface area contributed by atoms with Crippen LogP contribution in [0.2, 0.25) is 0 Å². The highest BCUT2D eigenvalue weighted by Gasteiger charge is 2.05. The van der Waals surface area contributed by atoms with E-state index in [1.54, 1.807) is 0 Å². The van der Waals surface area contributed by atoms with Crippen LogP contribution in [0.1, 0.15) is 58.8 Å². The highest BCUT2D eigenvalue weighted by molar-refractivity contribution is 7.80. The van der Waals surface area contributed by atoms with Crippen molar-refractivity contribution in [3.63, 3.8) is 0 Å². The van der Waals surface area contributed by atoms with Gasteiger partial charge in [0.1, 0.15) is 0 Å². The third-order valence-electron chi connectivity index (χ3n) is 2.32. The molecule has 0 aliphatic carbocycles. The maximum absolute atomic E-state index is 11.2. The number of thiol groups is 1. The summed E-state index contributed by atoms with van der Waals surface area (Å²) in [4.78, 5) is 11.2. The van der Waals surface area contributed by atoms with Gasteiger partial charge in [0.25, 0.3) is 0 Å². The molecule has 2 nitrogen and oxygen atoms in total. The molecule has 0 spiro atoms. The summed E-state index contributed by atoms with van der Waals surface area (Å²) in [5, 5.41) is 0.374. The molecular weight excluding hydrogens is 208 g/mol. The lowest BCUT2D eigenvalue weighted by molar-refractivity contribution is -0.143. The highest BCUT2D eigenvalue weighted by atomic mass is 32.1. The molecular formula is C12H24O2S. The van der Waals surface area contributed by atoms with Crippen molar-refractivity contribution in [1.82, 2.24) is 0 Å². The molecule has 0 heterocycles. The van der Waals surface area contributed by atoms with E-state index >= 15 is 0 Å². The monoisotopic (exact) mass is 232 g/mol. The second kappa shape index (κ2) is 10.3. The molecule has 0 aliphatic heterocycles. The first kappa shape index (κ1) is 14.8. The number of hydrogen-bond acceptors (Lipinski definition) is 3.